The fraction of sp³-hybridized carbons (Fsp3) is 0.300. The molecule has 0 bridgehead atoms. The van der Waals surface area contributed by atoms with Crippen LogP contribution in [0.4, 0.5) is 4.39 Å². The molecule has 5 heteroatoms. The molecular formula is C10H9Br2FO2. The van der Waals surface area contributed by atoms with Crippen LogP contribution in [0.2, 0.25) is 0 Å². The van der Waals surface area contributed by atoms with Crippen LogP contribution >= 0.6 is 31.9 Å². The zero-order valence-corrected chi connectivity index (χ0v) is 11.1. The van der Waals surface area contributed by atoms with Crippen LogP contribution in [0, 0.1) is 0 Å². The summed E-state index contributed by atoms with van der Waals surface area (Å²) < 4.78 is 17.6. The summed E-state index contributed by atoms with van der Waals surface area (Å²) in [5, 5.41) is 0. The molecule has 1 unspecified atom stereocenters. The minimum Gasteiger partial charge on any atom is -0.462 e. The van der Waals surface area contributed by atoms with E-state index in [1.807, 2.05) is 0 Å². The van der Waals surface area contributed by atoms with Gasteiger partial charge < -0.3 is 4.74 Å². The van der Waals surface area contributed by atoms with E-state index in [0.717, 1.165) is 4.47 Å². The quantitative estimate of drug-likeness (QED) is 0.617. The van der Waals surface area contributed by atoms with Crippen molar-refractivity contribution < 1.29 is 13.9 Å². The van der Waals surface area contributed by atoms with Crippen molar-refractivity contribution in [3.05, 3.63) is 28.2 Å². The lowest BCUT2D eigenvalue weighted by Gasteiger charge is -2.09. The molecule has 0 N–H and O–H groups in total. The van der Waals surface area contributed by atoms with Crippen LogP contribution in [0.3, 0.4) is 0 Å². The lowest BCUT2D eigenvalue weighted by atomic mass is 10.1. The van der Waals surface area contributed by atoms with Gasteiger partial charge in [-0.15, -0.1) is 0 Å². The number of carbonyl (C=O) groups is 1. The topological polar surface area (TPSA) is 26.3 Å². The Morgan fingerprint density at radius 2 is 2.27 bits per heavy atom. The molecule has 1 aromatic carbocycles. The second kappa shape index (κ2) is 5.61. The first-order valence-electron chi connectivity index (χ1n) is 4.23. The molecule has 1 rings (SSSR count). The smallest absolute Gasteiger partial charge is 0.228 e. The molecule has 0 spiro atoms. The summed E-state index contributed by atoms with van der Waals surface area (Å²) in [5.41, 5.74) is 0.375. The van der Waals surface area contributed by atoms with E-state index in [1.54, 1.807) is 25.1 Å². The normalized spacial score (nSPS) is 12.3. The third-order valence-corrected chi connectivity index (χ3v) is 2.69. The maximum atomic E-state index is 12.1. The van der Waals surface area contributed by atoms with Crippen molar-refractivity contribution in [3.8, 4) is 5.75 Å². The Morgan fingerprint density at radius 1 is 1.60 bits per heavy atom. The minimum atomic E-state index is -0.951. The summed E-state index contributed by atoms with van der Waals surface area (Å²) in [6.45, 7) is 0.761. The number of hydrogen-bond acceptors (Lipinski definition) is 2. The molecule has 1 atom stereocenters. The number of benzene rings is 1. The van der Waals surface area contributed by atoms with Crippen molar-refractivity contribution >= 4 is 37.6 Å². The Hall–Kier alpha value is -0.420. The second-order valence-corrected chi connectivity index (χ2v) is 5.16. The van der Waals surface area contributed by atoms with Gasteiger partial charge in [0.15, 0.2) is 5.78 Å². The predicted molar refractivity (Wildman–Crippen MR) is 63.5 cm³/mol. The fourth-order valence-corrected chi connectivity index (χ4v) is 1.68. The molecule has 0 aliphatic rings. The first kappa shape index (κ1) is 12.6. The van der Waals surface area contributed by atoms with Crippen LogP contribution in [-0.4, -0.2) is 17.5 Å². The van der Waals surface area contributed by atoms with Crippen molar-refractivity contribution in [2.24, 2.45) is 0 Å². The SMILES string of the molecule is CC(Br)C(=O)c1ccc(Br)cc1OCF. The highest BCUT2D eigenvalue weighted by atomic mass is 79.9. The van der Waals surface area contributed by atoms with E-state index in [9.17, 15) is 9.18 Å². The first-order chi connectivity index (χ1) is 7.06. The van der Waals surface area contributed by atoms with Crippen molar-refractivity contribution in [2.75, 3.05) is 6.86 Å². The van der Waals surface area contributed by atoms with Gasteiger partial charge in [0.25, 0.3) is 0 Å². The highest BCUT2D eigenvalue weighted by Gasteiger charge is 2.17. The van der Waals surface area contributed by atoms with Gasteiger partial charge in [0.1, 0.15) is 5.75 Å². The van der Waals surface area contributed by atoms with Crippen molar-refractivity contribution in [1.29, 1.82) is 0 Å². The van der Waals surface area contributed by atoms with Crippen LogP contribution in [-0.2, 0) is 0 Å². The molecule has 82 valence electrons. The molecule has 0 aliphatic carbocycles. The third-order valence-electron chi connectivity index (χ3n) is 1.78. The molecule has 0 saturated carbocycles. The standard InChI is InChI=1S/C10H9Br2FO2/c1-6(11)10(14)8-3-2-7(12)4-9(8)15-5-13/h2-4,6H,5H2,1H3. The van der Waals surface area contributed by atoms with Gasteiger partial charge in [0, 0.05) is 4.47 Å². The number of hydrogen-bond donors (Lipinski definition) is 0. The average molecular weight is 340 g/mol. The minimum absolute atomic E-state index is 0.133. The number of ketones is 1. The predicted octanol–water partition coefficient (Wildman–Crippen LogP) is 3.72. The van der Waals surface area contributed by atoms with E-state index in [2.05, 4.69) is 31.9 Å². The van der Waals surface area contributed by atoms with Gasteiger partial charge in [-0.3, -0.25) is 4.79 Å². The summed E-state index contributed by atoms with van der Waals surface area (Å²) in [5.74, 6) is 0.120. The van der Waals surface area contributed by atoms with Gasteiger partial charge in [-0.25, -0.2) is 4.39 Å². The van der Waals surface area contributed by atoms with E-state index >= 15 is 0 Å². The highest BCUT2D eigenvalue weighted by Crippen LogP contribution is 2.26. The Balaban J connectivity index is 3.10. The van der Waals surface area contributed by atoms with E-state index in [0.29, 0.717) is 5.56 Å². The summed E-state index contributed by atoms with van der Waals surface area (Å²) in [6.07, 6.45) is 0. The largest absolute Gasteiger partial charge is 0.462 e. The van der Waals surface area contributed by atoms with Gasteiger partial charge in [0.2, 0.25) is 6.86 Å². The molecule has 0 aromatic heterocycles. The molecule has 0 fully saturated rings. The molecule has 0 amide bonds. The lowest BCUT2D eigenvalue weighted by molar-refractivity contribution is 0.0988. The summed E-state index contributed by atoms with van der Waals surface area (Å²) in [4.78, 5) is 11.4. The fourth-order valence-electron chi connectivity index (χ4n) is 1.09. The van der Waals surface area contributed by atoms with E-state index in [1.165, 1.54) is 0 Å². The Kier molecular flexibility index (Phi) is 4.73. The molecule has 0 heterocycles. The van der Waals surface area contributed by atoms with Gasteiger partial charge in [-0.2, -0.15) is 0 Å². The Morgan fingerprint density at radius 3 is 2.80 bits per heavy atom. The first-order valence-corrected chi connectivity index (χ1v) is 5.93. The number of Topliss-reactive ketones (excluding diaryl/α,β-unsaturated/α-hetero) is 1. The molecule has 2 nitrogen and oxygen atoms in total. The maximum Gasteiger partial charge on any atom is 0.228 e. The van der Waals surface area contributed by atoms with Crippen molar-refractivity contribution in [1.82, 2.24) is 0 Å². The second-order valence-electron chi connectivity index (χ2n) is 2.87. The summed E-state index contributed by atoms with van der Waals surface area (Å²) >= 11 is 6.40. The van der Waals surface area contributed by atoms with E-state index < -0.39 is 6.86 Å². The summed E-state index contributed by atoms with van der Waals surface area (Å²) in [6, 6.07) is 4.89. The van der Waals surface area contributed by atoms with Gasteiger partial charge >= 0.3 is 0 Å². The molecule has 0 saturated heterocycles. The van der Waals surface area contributed by atoms with Crippen LogP contribution in [0.15, 0.2) is 22.7 Å². The highest BCUT2D eigenvalue weighted by molar-refractivity contribution is 9.10. The van der Waals surface area contributed by atoms with Crippen LogP contribution < -0.4 is 4.74 Å². The number of halogens is 3. The Labute approximate surface area is 104 Å². The molecule has 15 heavy (non-hydrogen) atoms. The van der Waals surface area contributed by atoms with Gasteiger partial charge in [-0.05, 0) is 25.1 Å². The Bertz CT molecular complexity index is 366. The molecular weight excluding hydrogens is 331 g/mol. The van der Waals surface area contributed by atoms with Crippen molar-refractivity contribution in [2.45, 2.75) is 11.8 Å². The zero-order valence-electron chi connectivity index (χ0n) is 7.97. The summed E-state index contributed by atoms with van der Waals surface area (Å²) in [7, 11) is 0. The third kappa shape index (κ3) is 3.28. The zero-order chi connectivity index (χ0) is 11.4. The molecule has 1 aromatic rings. The molecule has 0 aliphatic heterocycles. The number of ether oxygens (including phenoxy) is 1. The van der Waals surface area contributed by atoms with Gasteiger partial charge in [0.05, 0.1) is 10.4 Å². The van der Waals surface area contributed by atoms with Crippen LogP contribution in [0.1, 0.15) is 17.3 Å². The van der Waals surface area contributed by atoms with Crippen molar-refractivity contribution in [3.63, 3.8) is 0 Å². The number of alkyl halides is 2. The number of rotatable bonds is 4. The monoisotopic (exact) mass is 338 g/mol. The molecule has 0 radical (unpaired) electrons. The van der Waals surface area contributed by atoms with Crippen LogP contribution in [0.5, 0.6) is 5.75 Å². The number of carbonyl (C=O) groups excluding carboxylic acids is 1. The lowest BCUT2D eigenvalue weighted by Crippen LogP contribution is -2.11. The van der Waals surface area contributed by atoms with E-state index in [4.69, 9.17) is 4.74 Å². The maximum absolute atomic E-state index is 12.1. The van der Waals surface area contributed by atoms with Gasteiger partial charge in [-0.1, -0.05) is 31.9 Å². The van der Waals surface area contributed by atoms with E-state index in [-0.39, 0.29) is 16.4 Å². The average Bonchev–Trinajstić information content (AvgIpc) is 2.17. The van der Waals surface area contributed by atoms with Crippen LogP contribution in [0.25, 0.3) is 0 Å².